The lowest BCUT2D eigenvalue weighted by atomic mass is 10.2. The zero-order chi connectivity index (χ0) is 20.2. The highest BCUT2D eigenvalue weighted by molar-refractivity contribution is 7.89. The fourth-order valence-corrected chi connectivity index (χ4v) is 4.72. The third-order valence-corrected chi connectivity index (χ3v) is 6.51. The second-order valence-electron chi connectivity index (χ2n) is 6.98. The van der Waals surface area contributed by atoms with Gasteiger partial charge in [-0.2, -0.15) is 4.31 Å². The molecule has 1 heterocycles. The minimum absolute atomic E-state index is 0.109. The molecule has 2 amide bonds. The van der Waals surface area contributed by atoms with Gasteiger partial charge in [0.15, 0.2) is 0 Å². The average Bonchev–Trinajstić information content (AvgIpc) is 2.61. The van der Waals surface area contributed by atoms with Crippen LogP contribution in [0, 0.1) is 13.8 Å². The van der Waals surface area contributed by atoms with Crippen molar-refractivity contribution in [2.45, 2.75) is 31.6 Å². The highest BCUT2D eigenvalue weighted by Crippen LogP contribution is 2.22. The van der Waals surface area contributed by atoms with Crippen molar-refractivity contribution in [3.63, 3.8) is 0 Å². The van der Waals surface area contributed by atoms with Crippen molar-refractivity contribution in [2.24, 2.45) is 0 Å². The Morgan fingerprint density at radius 1 is 1.07 bits per heavy atom. The summed E-state index contributed by atoms with van der Waals surface area (Å²) in [4.78, 5) is 25.9. The molecular weight excluding hydrogens is 368 g/mol. The number of benzene rings is 1. The molecule has 0 saturated carbocycles. The van der Waals surface area contributed by atoms with E-state index in [1.165, 1.54) is 9.31 Å². The number of hydrogen-bond acceptors (Lipinski definition) is 5. The van der Waals surface area contributed by atoms with E-state index in [0.29, 0.717) is 23.5 Å². The minimum atomic E-state index is -3.58. The maximum absolute atomic E-state index is 12.9. The van der Waals surface area contributed by atoms with Gasteiger partial charge in [-0.3, -0.25) is 15.0 Å². The second-order valence-corrected chi connectivity index (χ2v) is 8.89. The van der Waals surface area contributed by atoms with Crippen molar-refractivity contribution in [3.8, 4) is 0 Å². The fourth-order valence-electron chi connectivity index (χ4n) is 2.99. The fraction of sp³-hybridized carbons (Fsp3) is 0.556. The molecule has 27 heavy (non-hydrogen) atoms. The van der Waals surface area contributed by atoms with Gasteiger partial charge in [0.05, 0.1) is 4.90 Å². The Morgan fingerprint density at radius 2 is 1.70 bits per heavy atom. The number of hydrogen-bond donors (Lipinski definition) is 1. The van der Waals surface area contributed by atoms with Crippen LogP contribution in [-0.4, -0.2) is 74.7 Å². The first-order valence-corrected chi connectivity index (χ1v) is 10.4. The predicted octanol–water partition coefficient (Wildman–Crippen LogP) is 0.509. The van der Waals surface area contributed by atoms with Crippen molar-refractivity contribution in [2.75, 3.05) is 40.3 Å². The SMILES string of the molecule is Cc1ccc(C)c(S(=O)(=O)N2CCN(C(=O)CCC(=O)NN(C)C)CC2)c1. The molecule has 0 spiro atoms. The van der Waals surface area contributed by atoms with Gasteiger partial charge in [0.2, 0.25) is 21.8 Å². The van der Waals surface area contributed by atoms with Crippen molar-refractivity contribution in [3.05, 3.63) is 29.3 Å². The number of hydrazine groups is 1. The Morgan fingerprint density at radius 3 is 2.30 bits per heavy atom. The molecule has 1 aromatic rings. The van der Waals surface area contributed by atoms with Gasteiger partial charge in [-0.1, -0.05) is 12.1 Å². The van der Waals surface area contributed by atoms with Gasteiger partial charge in [-0.25, -0.2) is 13.4 Å². The molecule has 2 rings (SSSR count). The number of nitrogens with zero attached hydrogens (tertiary/aromatic N) is 3. The van der Waals surface area contributed by atoms with E-state index in [-0.39, 0.29) is 37.7 Å². The molecule has 150 valence electrons. The van der Waals surface area contributed by atoms with Crippen LogP contribution >= 0.6 is 0 Å². The van der Waals surface area contributed by atoms with Gasteiger partial charge in [-0.05, 0) is 31.0 Å². The topological polar surface area (TPSA) is 90.0 Å². The quantitative estimate of drug-likeness (QED) is 0.708. The van der Waals surface area contributed by atoms with Gasteiger partial charge in [-0.15, -0.1) is 0 Å². The monoisotopic (exact) mass is 396 g/mol. The Labute approximate surface area is 161 Å². The molecule has 0 unspecified atom stereocenters. The normalized spacial score (nSPS) is 15.8. The van der Waals surface area contributed by atoms with E-state index in [1.54, 1.807) is 38.1 Å². The van der Waals surface area contributed by atoms with Crippen molar-refractivity contribution >= 4 is 21.8 Å². The summed E-state index contributed by atoms with van der Waals surface area (Å²) in [5.74, 6) is -0.350. The standard InChI is InChI=1S/C18H28N4O4S/c1-14-5-6-15(2)16(13-14)27(25,26)22-11-9-21(10-12-22)18(24)8-7-17(23)19-20(3)4/h5-6,13H,7-12H2,1-4H3,(H,19,23). The van der Waals surface area contributed by atoms with Gasteiger partial charge in [0.25, 0.3) is 0 Å². The summed E-state index contributed by atoms with van der Waals surface area (Å²) in [6, 6.07) is 5.38. The maximum Gasteiger partial charge on any atom is 0.243 e. The lowest BCUT2D eigenvalue weighted by molar-refractivity contribution is -0.135. The van der Waals surface area contributed by atoms with Crippen LogP contribution in [0.2, 0.25) is 0 Å². The highest BCUT2D eigenvalue weighted by atomic mass is 32.2. The van der Waals surface area contributed by atoms with Crippen LogP contribution in [0.15, 0.2) is 23.1 Å². The Hall–Kier alpha value is -1.97. The largest absolute Gasteiger partial charge is 0.340 e. The van der Waals surface area contributed by atoms with Crippen LogP contribution in [0.25, 0.3) is 0 Å². The molecule has 0 aromatic heterocycles. The van der Waals surface area contributed by atoms with E-state index in [4.69, 9.17) is 0 Å². The number of carbonyl (C=O) groups is 2. The lowest BCUT2D eigenvalue weighted by Gasteiger charge is -2.34. The van der Waals surface area contributed by atoms with E-state index in [9.17, 15) is 18.0 Å². The van der Waals surface area contributed by atoms with Gasteiger partial charge in [0.1, 0.15) is 0 Å². The molecule has 1 fully saturated rings. The Bertz CT molecular complexity index is 800. The van der Waals surface area contributed by atoms with Crippen LogP contribution in [0.5, 0.6) is 0 Å². The van der Waals surface area contributed by atoms with Gasteiger partial charge < -0.3 is 4.90 Å². The first kappa shape index (κ1) is 21.3. The van der Waals surface area contributed by atoms with E-state index in [1.807, 2.05) is 13.0 Å². The Kier molecular flexibility index (Phi) is 6.96. The molecule has 8 nitrogen and oxygen atoms in total. The van der Waals surface area contributed by atoms with E-state index in [2.05, 4.69) is 5.43 Å². The summed E-state index contributed by atoms with van der Waals surface area (Å²) < 4.78 is 27.3. The molecule has 0 bridgehead atoms. The molecule has 9 heteroatoms. The number of nitrogens with one attached hydrogen (secondary N) is 1. The number of amides is 2. The number of rotatable bonds is 6. The number of sulfonamides is 1. The van der Waals surface area contributed by atoms with Crippen molar-refractivity contribution in [1.29, 1.82) is 0 Å². The Balaban J connectivity index is 1.93. The summed E-state index contributed by atoms with van der Waals surface area (Å²) in [6.07, 6.45) is 0.224. The van der Waals surface area contributed by atoms with Crippen LogP contribution < -0.4 is 5.43 Å². The number of aryl methyl sites for hydroxylation is 2. The summed E-state index contributed by atoms with van der Waals surface area (Å²) in [5.41, 5.74) is 4.20. The molecule has 1 saturated heterocycles. The zero-order valence-corrected chi connectivity index (χ0v) is 17.2. The van der Waals surface area contributed by atoms with E-state index >= 15 is 0 Å². The molecule has 0 radical (unpaired) electrons. The van der Waals surface area contributed by atoms with Crippen LogP contribution in [0.4, 0.5) is 0 Å². The smallest absolute Gasteiger partial charge is 0.243 e. The molecular formula is C18H28N4O4S. The minimum Gasteiger partial charge on any atom is -0.340 e. The molecule has 0 atom stereocenters. The third kappa shape index (κ3) is 5.50. The predicted molar refractivity (Wildman–Crippen MR) is 102 cm³/mol. The summed E-state index contributed by atoms with van der Waals surface area (Å²) >= 11 is 0. The summed E-state index contributed by atoms with van der Waals surface area (Å²) in [7, 11) is -0.170. The summed E-state index contributed by atoms with van der Waals surface area (Å²) in [5, 5.41) is 1.53. The number of carbonyl (C=O) groups excluding carboxylic acids is 2. The molecule has 0 aliphatic carbocycles. The molecule has 1 aliphatic rings. The number of piperazine rings is 1. The van der Waals surface area contributed by atoms with Crippen LogP contribution in [0.1, 0.15) is 24.0 Å². The lowest BCUT2D eigenvalue weighted by Crippen LogP contribution is -2.50. The third-order valence-electron chi connectivity index (χ3n) is 4.47. The first-order chi connectivity index (χ1) is 12.6. The highest BCUT2D eigenvalue weighted by Gasteiger charge is 2.31. The van der Waals surface area contributed by atoms with Gasteiger partial charge >= 0.3 is 0 Å². The maximum atomic E-state index is 12.9. The zero-order valence-electron chi connectivity index (χ0n) is 16.4. The van der Waals surface area contributed by atoms with Crippen molar-refractivity contribution < 1.29 is 18.0 Å². The summed E-state index contributed by atoms with van der Waals surface area (Å²) in [6.45, 7) is 4.82. The molecule has 1 N–H and O–H groups in total. The molecule has 1 aromatic carbocycles. The van der Waals surface area contributed by atoms with Gasteiger partial charge in [0, 0.05) is 53.1 Å². The van der Waals surface area contributed by atoms with Crippen LogP contribution in [0.3, 0.4) is 0 Å². The first-order valence-electron chi connectivity index (χ1n) is 8.93. The van der Waals surface area contributed by atoms with E-state index < -0.39 is 10.0 Å². The van der Waals surface area contributed by atoms with E-state index in [0.717, 1.165) is 5.56 Å². The van der Waals surface area contributed by atoms with Crippen LogP contribution in [-0.2, 0) is 19.6 Å². The molecule has 1 aliphatic heterocycles. The van der Waals surface area contributed by atoms with Crippen molar-refractivity contribution in [1.82, 2.24) is 19.6 Å². The second kappa shape index (κ2) is 8.81. The average molecular weight is 397 g/mol.